The largest absolute Gasteiger partial charge is 0.401 e. The van der Waals surface area contributed by atoms with Gasteiger partial charge >= 0.3 is 6.18 Å². The summed E-state index contributed by atoms with van der Waals surface area (Å²) in [7, 11) is 0. The summed E-state index contributed by atoms with van der Waals surface area (Å²) in [6.07, 6.45) is -4.16. The lowest BCUT2D eigenvalue weighted by Gasteiger charge is -2.22. The summed E-state index contributed by atoms with van der Waals surface area (Å²) < 4.78 is 36.9. The highest BCUT2D eigenvalue weighted by molar-refractivity contribution is 7.99. The molecule has 0 aromatic heterocycles. The molecule has 0 N–H and O–H groups in total. The van der Waals surface area contributed by atoms with Gasteiger partial charge in [-0.25, -0.2) is 0 Å². The van der Waals surface area contributed by atoms with Gasteiger partial charge in [0.05, 0.1) is 6.54 Å². The molecular weight excluding hydrogens is 283 g/mol. The van der Waals surface area contributed by atoms with Crippen molar-refractivity contribution < 1.29 is 13.2 Å². The third-order valence-electron chi connectivity index (χ3n) is 2.22. The molecule has 6 heteroatoms. The van der Waals surface area contributed by atoms with Crippen molar-refractivity contribution in [1.29, 1.82) is 0 Å². The molecule has 0 aliphatic carbocycles. The highest BCUT2D eigenvalue weighted by Gasteiger charge is 2.30. The summed E-state index contributed by atoms with van der Waals surface area (Å²) in [5.74, 6) is 0.836. The Kier molecular flexibility index (Phi) is 6.89. The molecule has 0 saturated carbocycles. The fraction of sp³-hybridized carbons (Fsp3) is 0.500. The van der Waals surface area contributed by atoms with Gasteiger partial charge in [0.2, 0.25) is 0 Å². The van der Waals surface area contributed by atoms with Crippen LogP contribution in [-0.2, 0) is 0 Å². The summed E-state index contributed by atoms with van der Waals surface area (Å²) in [4.78, 5) is 2.40. The molecule has 0 bridgehead atoms. The Morgan fingerprint density at radius 3 is 2.33 bits per heavy atom. The molecule has 0 spiro atoms. The molecule has 0 amide bonds. The SMILES string of the molecule is FC(F)(F)CN(CCCl)CCSc1ccccc1. The van der Waals surface area contributed by atoms with E-state index >= 15 is 0 Å². The number of hydrogen-bond acceptors (Lipinski definition) is 2. The monoisotopic (exact) mass is 297 g/mol. The Balaban J connectivity index is 2.33. The van der Waals surface area contributed by atoms with Gasteiger partial charge in [-0.1, -0.05) is 18.2 Å². The standard InChI is InChI=1S/C12H15ClF3NS/c13-6-7-17(10-12(14,15)16)8-9-18-11-4-2-1-3-5-11/h1-5H,6-10H2. The molecule has 0 aliphatic heterocycles. The molecule has 0 fully saturated rings. The lowest BCUT2D eigenvalue weighted by Crippen LogP contribution is -2.37. The first-order valence-corrected chi connectivity index (χ1v) is 7.06. The Morgan fingerprint density at radius 1 is 1.11 bits per heavy atom. The van der Waals surface area contributed by atoms with Crippen molar-refractivity contribution in [3.05, 3.63) is 30.3 Å². The zero-order valence-corrected chi connectivity index (χ0v) is 11.4. The molecule has 1 nitrogen and oxygen atoms in total. The second kappa shape index (κ2) is 7.92. The van der Waals surface area contributed by atoms with Gasteiger partial charge < -0.3 is 0 Å². The number of thioether (sulfide) groups is 1. The summed E-state index contributed by atoms with van der Waals surface area (Å²) in [5, 5.41) is 0. The van der Waals surface area contributed by atoms with Gasteiger partial charge in [0.15, 0.2) is 0 Å². The molecule has 0 aliphatic rings. The van der Waals surface area contributed by atoms with Gasteiger partial charge in [0, 0.05) is 29.6 Å². The van der Waals surface area contributed by atoms with Gasteiger partial charge in [-0.05, 0) is 12.1 Å². The van der Waals surface area contributed by atoms with Crippen molar-refractivity contribution in [3.63, 3.8) is 0 Å². The summed E-state index contributed by atoms with van der Waals surface area (Å²) in [5.41, 5.74) is 0. The summed E-state index contributed by atoms with van der Waals surface area (Å²) in [6.45, 7) is -0.253. The van der Waals surface area contributed by atoms with E-state index in [-0.39, 0.29) is 12.4 Å². The molecule has 0 saturated heterocycles. The van der Waals surface area contributed by atoms with E-state index in [1.807, 2.05) is 30.3 Å². The third kappa shape index (κ3) is 7.13. The first-order valence-electron chi connectivity index (χ1n) is 5.54. The molecule has 102 valence electrons. The first-order chi connectivity index (χ1) is 8.51. The van der Waals surface area contributed by atoms with Gasteiger partial charge in [0.25, 0.3) is 0 Å². The number of benzene rings is 1. The van der Waals surface area contributed by atoms with E-state index in [1.165, 1.54) is 4.90 Å². The van der Waals surface area contributed by atoms with Gasteiger partial charge in [0.1, 0.15) is 0 Å². The maximum Gasteiger partial charge on any atom is 0.401 e. The first kappa shape index (κ1) is 15.7. The average Bonchev–Trinajstić information content (AvgIpc) is 2.28. The van der Waals surface area contributed by atoms with Crippen molar-refractivity contribution in [1.82, 2.24) is 4.90 Å². The Morgan fingerprint density at radius 2 is 1.78 bits per heavy atom. The van der Waals surface area contributed by atoms with Crippen LogP contribution in [0.2, 0.25) is 0 Å². The van der Waals surface area contributed by atoms with Crippen molar-refractivity contribution in [2.45, 2.75) is 11.1 Å². The Labute approximate surface area is 114 Å². The van der Waals surface area contributed by atoms with E-state index in [2.05, 4.69) is 0 Å². The maximum atomic E-state index is 12.3. The summed E-state index contributed by atoms with van der Waals surface area (Å²) in [6, 6.07) is 9.62. The molecule has 1 aromatic carbocycles. The number of halogens is 4. The zero-order valence-electron chi connectivity index (χ0n) is 9.79. The highest BCUT2D eigenvalue weighted by Crippen LogP contribution is 2.19. The summed E-state index contributed by atoms with van der Waals surface area (Å²) >= 11 is 7.05. The van der Waals surface area contributed by atoms with Crippen LogP contribution >= 0.6 is 23.4 Å². The molecule has 0 atom stereocenters. The van der Waals surface area contributed by atoms with Gasteiger partial charge in [-0.2, -0.15) is 13.2 Å². The van der Waals surface area contributed by atoms with Crippen LogP contribution in [-0.4, -0.2) is 42.3 Å². The quantitative estimate of drug-likeness (QED) is 0.555. The fourth-order valence-electron chi connectivity index (χ4n) is 1.45. The minimum atomic E-state index is -4.16. The van der Waals surface area contributed by atoms with Crippen LogP contribution in [0.5, 0.6) is 0 Å². The molecular formula is C12H15ClF3NS. The molecule has 0 heterocycles. The van der Waals surface area contributed by atoms with Crippen LogP contribution < -0.4 is 0 Å². The van der Waals surface area contributed by atoms with E-state index in [0.29, 0.717) is 12.3 Å². The molecule has 1 aromatic rings. The van der Waals surface area contributed by atoms with Crippen LogP contribution in [0, 0.1) is 0 Å². The fourth-order valence-corrected chi connectivity index (χ4v) is 2.63. The van der Waals surface area contributed by atoms with Crippen LogP contribution in [0.25, 0.3) is 0 Å². The van der Waals surface area contributed by atoms with Crippen LogP contribution in [0.15, 0.2) is 35.2 Å². The van der Waals surface area contributed by atoms with E-state index in [4.69, 9.17) is 11.6 Å². The zero-order chi connectivity index (χ0) is 13.4. The molecule has 1 rings (SSSR count). The Hall–Kier alpha value is -0.390. The molecule has 0 unspecified atom stereocenters. The number of hydrogen-bond donors (Lipinski definition) is 0. The van der Waals surface area contributed by atoms with Crippen LogP contribution in [0.4, 0.5) is 13.2 Å². The van der Waals surface area contributed by atoms with Crippen molar-refractivity contribution in [3.8, 4) is 0 Å². The van der Waals surface area contributed by atoms with Gasteiger partial charge in [-0.3, -0.25) is 4.90 Å². The number of nitrogens with zero attached hydrogens (tertiary/aromatic N) is 1. The predicted molar refractivity (Wildman–Crippen MR) is 70.4 cm³/mol. The number of alkyl halides is 4. The van der Waals surface area contributed by atoms with Crippen molar-refractivity contribution in [2.24, 2.45) is 0 Å². The van der Waals surface area contributed by atoms with Crippen molar-refractivity contribution in [2.75, 3.05) is 31.3 Å². The van der Waals surface area contributed by atoms with E-state index < -0.39 is 12.7 Å². The Bertz CT molecular complexity index is 332. The van der Waals surface area contributed by atoms with E-state index in [0.717, 1.165) is 4.90 Å². The van der Waals surface area contributed by atoms with Crippen molar-refractivity contribution >= 4 is 23.4 Å². The van der Waals surface area contributed by atoms with Gasteiger partial charge in [-0.15, -0.1) is 23.4 Å². The minimum Gasteiger partial charge on any atom is -0.293 e. The van der Waals surface area contributed by atoms with E-state index in [1.54, 1.807) is 11.8 Å². The second-order valence-electron chi connectivity index (χ2n) is 3.74. The van der Waals surface area contributed by atoms with Crippen LogP contribution in [0.1, 0.15) is 0 Å². The average molecular weight is 298 g/mol. The van der Waals surface area contributed by atoms with E-state index in [9.17, 15) is 13.2 Å². The lowest BCUT2D eigenvalue weighted by atomic mass is 10.4. The maximum absolute atomic E-state index is 12.3. The molecule has 18 heavy (non-hydrogen) atoms. The second-order valence-corrected chi connectivity index (χ2v) is 5.29. The predicted octanol–water partition coefficient (Wildman–Crippen LogP) is 3.88. The lowest BCUT2D eigenvalue weighted by molar-refractivity contribution is -0.144. The number of rotatable bonds is 7. The van der Waals surface area contributed by atoms with Crippen LogP contribution in [0.3, 0.4) is 0 Å². The third-order valence-corrected chi connectivity index (χ3v) is 3.38. The topological polar surface area (TPSA) is 3.24 Å². The normalized spacial score (nSPS) is 12.1. The highest BCUT2D eigenvalue weighted by atomic mass is 35.5. The smallest absolute Gasteiger partial charge is 0.293 e. The molecule has 0 radical (unpaired) electrons. The minimum absolute atomic E-state index is 0.214.